The second-order valence-corrected chi connectivity index (χ2v) is 3.87. The van der Waals surface area contributed by atoms with Crippen molar-refractivity contribution in [3.05, 3.63) is 22.7 Å². The number of aliphatic hydroxyl groups excluding tert-OH is 1. The number of rotatable bonds is 2. The predicted octanol–water partition coefficient (Wildman–Crippen LogP) is 0.912. The van der Waals surface area contributed by atoms with Gasteiger partial charge in [-0.25, -0.2) is 4.79 Å². The molecule has 0 spiro atoms. The highest BCUT2D eigenvalue weighted by Crippen LogP contribution is 2.25. The maximum absolute atomic E-state index is 11.6. The van der Waals surface area contributed by atoms with Crippen molar-refractivity contribution in [3.63, 3.8) is 0 Å². The van der Waals surface area contributed by atoms with E-state index >= 15 is 0 Å². The molecule has 2 rings (SSSR count). The van der Waals surface area contributed by atoms with Crippen LogP contribution >= 0.6 is 0 Å². The van der Waals surface area contributed by atoms with Crippen molar-refractivity contribution in [3.8, 4) is 0 Å². The number of ether oxygens (including phenoxy) is 1. The van der Waals surface area contributed by atoms with E-state index in [-0.39, 0.29) is 24.8 Å². The highest BCUT2D eigenvalue weighted by atomic mass is 16.5. The Balaban J connectivity index is 0.000000771. The van der Waals surface area contributed by atoms with Gasteiger partial charge in [-0.1, -0.05) is 13.8 Å². The summed E-state index contributed by atoms with van der Waals surface area (Å²) in [6.07, 6.45) is 3.54. The molecule has 2 heterocycles. The van der Waals surface area contributed by atoms with Gasteiger partial charge < -0.3 is 15.6 Å². The van der Waals surface area contributed by atoms with E-state index in [1.165, 1.54) is 4.57 Å². The van der Waals surface area contributed by atoms with E-state index in [0.29, 0.717) is 0 Å². The molecule has 3 N–H and O–H groups in total. The summed E-state index contributed by atoms with van der Waals surface area (Å²) in [5.74, 6) is 0.204. The SMILES string of the molecule is CC.Nc1ccn([C@H]2CCCC(CO)O2)c(=O)n1. The Morgan fingerprint density at radius 2 is 2.28 bits per heavy atom. The highest BCUT2D eigenvalue weighted by Gasteiger charge is 2.23. The lowest BCUT2D eigenvalue weighted by Crippen LogP contribution is -2.34. The summed E-state index contributed by atoms with van der Waals surface area (Å²) < 4.78 is 6.99. The lowest BCUT2D eigenvalue weighted by atomic mass is 10.1. The van der Waals surface area contributed by atoms with Gasteiger partial charge in [0, 0.05) is 6.20 Å². The first kappa shape index (κ1) is 14.7. The van der Waals surface area contributed by atoms with Gasteiger partial charge >= 0.3 is 5.69 Å². The first-order valence-corrected chi connectivity index (χ1v) is 6.31. The van der Waals surface area contributed by atoms with Gasteiger partial charge in [-0.05, 0) is 25.3 Å². The Bertz CT molecular complexity index is 419. The zero-order valence-electron chi connectivity index (χ0n) is 10.9. The van der Waals surface area contributed by atoms with Crippen LogP contribution in [0.2, 0.25) is 0 Å². The van der Waals surface area contributed by atoms with Crippen molar-refractivity contribution in [2.24, 2.45) is 0 Å². The van der Waals surface area contributed by atoms with Crippen molar-refractivity contribution in [2.45, 2.75) is 45.4 Å². The normalized spacial score (nSPS) is 23.1. The lowest BCUT2D eigenvalue weighted by Gasteiger charge is -2.29. The average Bonchev–Trinajstić information content (AvgIpc) is 2.41. The summed E-state index contributed by atoms with van der Waals surface area (Å²) >= 11 is 0. The number of nitrogens with zero attached hydrogens (tertiary/aromatic N) is 2. The summed E-state index contributed by atoms with van der Waals surface area (Å²) in [6.45, 7) is 3.98. The van der Waals surface area contributed by atoms with Crippen LogP contribution in [0.15, 0.2) is 17.1 Å². The molecule has 0 saturated carbocycles. The number of anilines is 1. The minimum absolute atomic E-state index is 0.0202. The van der Waals surface area contributed by atoms with Crippen LogP contribution in [0.4, 0.5) is 5.82 Å². The Morgan fingerprint density at radius 1 is 1.56 bits per heavy atom. The van der Waals surface area contributed by atoms with Gasteiger partial charge in [0.05, 0.1) is 12.7 Å². The molecule has 6 nitrogen and oxygen atoms in total. The number of hydrogen-bond donors (Lipinski definition) is 2. The van der Waals surface area contributed by atoms with E-state index < -0.39 is 5.69 Å². The van der Waals surface area contributed by atoms with Gasteiger partial charge in [0.2, 0.25) is 0 Å². The van der Waals surface area contributed by atoms with Gasteiger partial charge in [-0.2, -0.15) is 4.98 Å². The van der Waals surface area contributed by atoms with Crippen molar-refractivity contribution in [2.75, 3.05) is 12.3 Å². The molecule has 0 radical (unpaired) electrons. The van der Waals surface area contributed by atoms with Crippen LogP contribution in [0.3, 0.4) is 0 Å². The number of nitrogen functional groups attached to an aromatic ring is 1. The topological polar surface area (TPSA) is 90.4 Å². The standard InChI is InChI=1S/C10H15N3O3.C2H6/c11-8-4-5-13(10(15)12-8)9-3-1-2-7(6-14)16-9;1-2/h4-5,7,9,14H,1-3,6H2,(H2,11,12,15);1-2H3/t7?,9-;/m1./s1. The van der Waals surface area contributed by atoms with Crippen molar-refractivity contribution < 1.29 is 9.84 Å². The van der Waals surface area contributed by atoms with E-state index in [9.17, 15) is 4.79 Å². The van der Waals surface area contributed by atoms with Crippen LogP contribution in [0.1, 0.15) is 39.3 Å². The Kier molecular flexibility index (Phi) is 5.80. The van der Waals surface area contributed by atoms with E-state index in [4.69, 9.17) is 15.6 Å². The molecule has 1 aliphatic rings. The van der Waals surface area contributed by atoms with E-state index in [2.05, 4.69) is 4.98 Å². The number of nitrogens with two attached hydrogens (primary N) is 1. The molecule has 102 valence electrons. The smallest absolute Gasteiger partial charge is 0.351 e. The molecule has 1 aliphatic heterocycles. The largest absolute Gasteiger partial charge is 0.394 e. The highest BCUT2D eigenvalue weighted by molar-refractivity contribution is 5.23. The maximum atomic E-state index is 11.6. The number of hydrogen-bond acceptors (Lipinski definition) is 5. The summed E-state index contributed by atoms with van der Waals surface area (Å²) in [6, 6.07) is 1.56. The lowest BCUT2D eigenvalue weighted by molar-refractivity contribution is -0.108. The van der Waals surface area contributed by atoms with Gasteiger partial charge in [-0.3, -0.25) is 4.57 Å². The Labute approximate surface area is 106 Å². The minimum atomic E-state index is -0.413. The summed E-state index contributed by atoms with van der Waals surface area (Å²) in [4.78, 5) is 15.2. The van der Waals surface area contributed by atoms with Crippen LogP contribution in [0, 0.1) is 0 Å². The molecule has 0 amide bonds. The van der Waals surface area contributed by atoms with Crippen molar-refractivity contribution in [1.29, 1.82) is 0 Å². The third kappa shape index (κ3) is 3.54. The van der Waals surface area contributed by atoms with E-state index in [1.807, 2.05) is 13.8 Å². The molecule has 0 aromatic carbocycles. The summed E-state index contributed by atoms with van der Waals surface area (Å²) in [5.41, 5.74) is 4.99. The fraction of sp³-hybridized carbons (Fsp3) is 0.667. The first-order chi connectivity index (χ1) is 8.70. The summed E-state index contributed by atoms with van der Waals surface area (Å²) in [7, 11) is 0. The van der Waals surface area contributed by atoms with Gasteiger partial charge in [0.1, 0.15) is 12.0 Å². The minimum Gasteiger partial charge on any atom is -0.394 e. The molecule has 1 aromatic heterocycles. The molecule has 0 aliphatic carbocycles. The summed E-state index contributed by atoms with van der Waals surface area (Å²) in [5, 5.41) is 9.02. The molecule has 18 heavy (non-hydrogen) atoms. The van der Waals surface area contributed by atoms with Gasteiger partial charge in [0.25, 0.3) is 0 Å². The van der Waals surface area contributed by atoms with Gasteiger partial charge in [-0.15, -0.1) is 0 Å². The quantitative estimate of drug-likeness (QED) is 0.819. The van der Waals surface area contributed by atoms with Crippen LogP contribution in [0.5, 0.6) is 0 Å². The average molecular weight is 255 g/mol. The van der Waals surface area contributed by atoms with E-state index in [0.717, 1.165) is 19.3 Å². The first-order valence-electron chi connectivity index (χ1n) is 6.31. The third-order valence-electron chi connectivity index (χ3n) is 2.69. The molecule has 1 unspecified atom stereocenters. The second kappa shape index (κ2) is 7.13. The van der Waals surface area contributed by atoms with Crippen LogP contribution in [-0.4, -0.2) is 27.4 Å². The Hall–Kier alpha value is -1.40. The molecule has 1 fully saturated rings. The van der Waals surface area contributed by atoms with Crippen LogP contribution in [-0.2, 0) is 4.74 Å². The molecule has 2 atom stereocenters. The second-order valence-electron chi connectivity index (χ2n) is 3.87. The van der Waals surface area contributed by atoms with Crippen LogP contribution in [0.25, 0.3) is 0 Å². The fourth-order valence-electron chi connectivity index (χ4n) is 1.86. The Morgan fingerprint density at radius 3 is 2.89 bits per heavy atom. The molecular weight excluding hydrogens is 234 g/mol. The molecule has 6 heteroatoms. The monoisotopic (exact) mass is 255 g/mol. The van der Waals surface area contributed by atoms with E-state index in [1.54, 1.807) is 12.3 Å². The van der Waals surface area contributed by atoms with Gasteiger partial charge in [0.15, 0.2) is 0 Å². The number of aromatic nitrogens is 2. The predicted molar refractivity (Wildman–Crippen MR) is 69.1 cm³/mol. The zero-order chi connectivity index (χ0) is 13.5. The maximum Gasteiger partial charge on any atom is 0.351 e. The van der Waals surface area contributed by atoms with Crippen LogP contribution < -0.4 is 11.4 Å². The number of aliphatic hydroxyl groups is 1. The zero-order valence-corrected chi connectivity index (χ0v) is 10.9. The third-order valence-corrected chi connectivity index (χ3v) is 2.69. The van der Waals surface area contributed by atoms with Crippen molar-refractivity contribution in [1.82, 2.24) is 9.55 Å². The van der Waals surface area contributed by atoms with Crippen molar-refractivity contribution >= 4 is 5.82 Å². The molecule has 1 saturated heterocycles. The molecule has 1 aromatic rings. The fourth-order valence-corrected chi connectivity index (χ4v) is 1.86. The molecular formula is C12H21N3O3. The molecule has 0 bridgehead atoms.